The van der Waals surface area contributed by atoms with E-state index in [2.05, 4.69) is 0 Å². The van der Waals surface area contributed by atoms with Gasteiger partial charge in [0, 0.05) is 17.1 Å². The molecule has 0 atom stereocenters. The Hall–Kier alpha value is -3.83. The van der Waals surface area contributed by atoms with Crippen LogP contribution in [0.5, 0.6) is 0 Å². The van der Waals surface area contributed by atoms with Crippen molar-refractivity contribution in [3.63, 3.8) is 0 Å². The number of nitrogens with zero attached hydrogens (tertiary/aromatic N) is 1. The maximum absolute atomic E-state index is 13.9. The van der Waals surface area contributed by atoms with E-state index < -0.39 is 51.3 Å². The molecule has 1 aliphatic heterocycles. The van der Waals surface area contributed by atoms with Crippen LogP contribution in [0.4, 0.5) is 5.69 Å². The van der Waals surface area contributed by atoms with Gasteiger partial charge >= 0.3 is 17.9 Å². The predicted octanol–water partition coefficient (Wildman–Crippen LogP) is 3.72. The minimum atomic E-state index is -4.30. The van der Waals surface area contributed by atoms with Gasteiger partial charge in [-0.15, -0.1) is 0 Å². The quantitative estimate of drug-likeness (QED) is 0.412. The van der Waals surface area contributed by atoms with Crippen molar-refractivity contribution in [2.75, 3.05) is 31.7 Å². The summed E-state index contributed by atoms with van der Waals surface area (Å²) in [5.41, 5.74) is -1.10. The molecule has 0 unspecified atom stereocenters. The maximum Gasteiger partial charge on any atom is 0.342 e. The van der Waals surface area contributed by atoms with Gasteiger partial charge in [0.25, 0.3) is 10.0 Å². The zero-order valence-electron chi connectivity index (χ0n) is 21.1. The van der Waals surface area contributed by atoms with Crippen LogP contribution < -0.4 is 4.31 Å². The number of carbonyl (C=O) groups excluding carboxylic acids is 3. The van der Waals surface area contributed by atoms with Crippen LogP contribution in [0.2, 0.25) is 5.02 Å². The number of benzene rings is 2. The monoisotopic (exact) mass is 563 g/mol. The molecule has 12 heteroatoms. The minimum Gasteiger partial charge on any atom is -0.506 e. The van der Waals surface area contributed by atoms with Gasteiger partial charge in [-0.05, 0) is 50.6 Å². The molecule has 202 valence electrons. The molecule has 2 aromatic carbocycles. The zero-order chi connectivity index (χ0) is 28.2. The van der Waals surface area contributed by atoms with Crippen molar-refractivity contribution >= 4 is 51.0 Å². The largest absolute Gasteiger partial charge is 0.506 e. The molecule has 0 radical (unpaired) electrons. The van der Waals surface area contributed by atoms with E-state index in [0.717, 1.165) is 24.1 Å². The van der Waals surface area contributed by atoms with Gasteiger partial charge in [-0.2, -0.15) is 0 Å². The van der Waals surface area contributed by atoms with Gasteiger partial charge < -0.3 is 19.3 Å². The fraction of sp³-hybridized carbons (Fsp3) is 0.269. The van der Waals surface area contributed by atoms with E-state index in [9.17, 15) is 27.9 Å². The van der Waals surface area contributed by atoms with E-state index in [1.54, 1.807) is 19.1 Å². The third-order valence-electron chi connectivity index (χ3n) is 5.75. The van der Waals surface area contributed by atoms with Gasteiger partial charge in [0.15, 0.2) is 0 Å². The number of carbonyl (C=O) groups is 3. The van der Waals surface area contributed by atoms with E-state index in [1.807, 2.05) is 0 Å². The van der Waals surface area contributed by atoms with Crippen molar-refractivity contribution in [1.82, 2.24) is 0 Å². The van der Waals surface area contributed by atoms with Crippen LogP contribution in [0.25, 0.3) is 5.76 Å². The predicted molar refractivity (Wildman–Crippen MR) is 139 cm³/mol. The Bertz CT molecular complexity index is 1440. The van der Waals surface area contributed by atoms with E-state index in [1.165, 1.54) is 37.3 Å². The lowest BCUT2D eigenvalue weighted by Gasteiger charge is -2.26. The maximum atomic E-state index is 13.9. The Labute approximate surface area is 225 Å². The summed E-state index contributed by atoms with van der Waals surface area (Å²) in [6.07, 6.45) is -0.395. The molecule has 0 bridgehead atoms. The number of sulfonamides is 1. The summed E-state index contributed by atoms with van der Waals surface area (Å²) in [5.74, 6) is -4.12. The number of halogens is 1. The van der Waals surface area contributed by atoms with Crippen LogP contribution in [0.15, 0.2) is 64.1 Å². The van der Waals surface area contributed by atoms with Gasteiger partial charge in [0.05, 0.1) is 42.6 Å². The van der Waals surface area contributed by atoms with Crippen LogP contribution in [0, 0.1) is 6.92 Å². The summed E-state index contributed by atoms with van der Waals surface area (Å²) >= 11 is 6.22. The first kappa shape index (κ1) is 28.7. The summed E-state index contributed by atoms with van der Waals surface area (Å²) in [5, 5.41) is 11.5. The summed E-state index contributed by atoms with van der Waals surface area (Å²) in [7, 11) is -2.26. The third kappa shape index (κ3) is 5.53. The van der Waals surface area contributed by atoms with Gasteiger partial charge in [0.2, 0.25) is 0 Å². The summed E-state index contributed by atoms with van der Waals surface area (Å²) in [6.45, 7) is 2.86. The Morgan fingerprint density at radius 3 is 2.16 bits per heavy atom. The summed E-state index contributed by atoms with van der Waals surface area (Å²) in [6, 6.07) is 10.0. The second-order valence-corrected chi connectivity index (χ2v) is 10.4. The molecule has 1 heterocycles. The standard InChI is InChI=1S/C26H26ClNO9S/c1-5-37-24(30)19-12-13-28(38(33,34)17-9-6-15(2)7-10-17)20-14-16(27)8-11-18(20)23(29)22(26(32)36-4)21(19)25(31)35-3/h6-11,14,29H,5,12-13H2,1-4H3/b21-19-,23-22-. The van der Waals surface area contributed by atoms with Crippen LogP contribution >= 0.6 is 11.6 Å². The van der Waals surface area contributed by atoms with Gasteiger partial charge in [0.1, 0.15) is 11.3 Å². The molecular weight excluding hydrogens is 538 g/mol. The molecule has 0 amide bonds. The van der Waals surface area contributed by atoms with Crippen LogP contribution in [0.1, 0.15) is 24.5 Å². The molecule has 0 aliphatic carbocycles. The Balaban J connectivity index is 2.46. The molecule has 1 aliphatic rings. The number of fused-ring (bicyclic) bond motifs is 1. The highest BCUT2D eigenvalue weighted by molar-refractivity contribution is 7.92. The van der Waals surface area contributed by atoms with E-state index >= 15 is 0 Å². The fourth-order valence-corrected chi connectivity index (χ4v) is 5.55. The highest BCUT2D eigenvalue weighted by Crippen LogP contribution is 2.38. The number of aryl methyl sites for hydroxylation is 1. The molecule has 2 aromatic rings. The molecule has 3 rings (SSSR count). The first-order valence-electron chi connectivity index (χ1n) is 11.4. The lowest BCUT2D eigenvalue weighted by molar-refractivity contribution is -0.141. The molecule has 38 heavy (non-hydrogen) atoms. The van der Waals surface area contributed by atoms with Crippen molar-refractivity contribution in [3.8, 4) is 0 Å². The number of aliphatic hydroxyl groups excluding tert-OH is 1. The first-order valence-corrected chi connectivity index (χ1v) is 13.2. The van der Waals surface area contributed by atoms with Crippen molar-refractivity contribution < 1.29 is 42.1 Å². The Morgan fingerprint density at radius 1 is 0.974 bits per heavy atom. The molecule has 0 saturated heterocycles. The number of ether oxygens (including phenoxy) is 3. The van der Waals surface area contributed by atoms with Crippen molar-refractivity contribution in [1.29, 1.82) is 0 Å². The fourth-order valence-electron chi connectivity index (χ4n) is 3.91. The zero-order valence-corrected chi connectivity index (χ0v) is 22.7. The van der Waals surface area contributed by atoms with E-state index in [4.69, 9.17) is 25.8 Å². The Kier molecular flexibility index (Phi) is 8.85. The summed E-state index contributed by atoms with van der Waals surface area (Å²) in [4.78, 5) is 38.8. The molecule has 0 aromatic heterocycles. The SMILES string of the molecule is CCOC(=O)/C1=C(C(=O)OC)/C(C(=O)OC)=C(/O)c2ccc(Cl)cc2N(S(=O)(=O)c2ccc(C)cc2)CC1. The molecule has 10 nitrogen and oxygen atoms in total. The lowest BCUT2D eigenvalue weighted by atomic mass is 9.94. The first-order chi connectivity index (χ1) is 18.0. The second-order valence-electron chi connectivity index (χ2n) is 8.08. The number of anilines is 1. The summed E-state index contributed by atoms with van der Waals surface area (Å²) < 4.78 is 43.4. The van der Waals surface area contributed by atoms with Crippen LogP contribution in [-0.4, -0.2) is 58.8 Å². The third-order valence-corrected chi connectivity index (χ3v) is 7.81. The number of esters is 3. The van der Waals surface area contributed by atoms with Crippen LogP contribution in [0.3, 0.4) is 0 Å². The van der Waals surface area contributed by atoms with Gasteiger partial charge in [-0.25, -0.2) is 22.8 Å². The normalized spacial score (nSPS) is 18.0. The Morgan fingerprint density at radius 2 is 1.58 bits per heavy atom. The molecule has 0 fully saturated rings. The van der Waals surface area contributed by atoms with Crippen molar-refractivity contribution in [2.24, 2.45) is 0 Å². The molecule has 1 N–H and O–H groups in total. The number of hydrogen-bond acceptors (Lipinski definition) is 9. The smallest absolute Gasteiger partial charge is 0.342 e. The molecular formula is C26H26ClNO9S. The number of hydrogen-bond donors (Lipinski definition) is 1. The number of methoxy groups -OCH3 is 2. The minimum absolute atomic E-state index is 0.0696. The van der Waals surface area contributed by atoms with Crippen molar-refractivity contribution in [3.05, 3.63) is 75.3 Å². The van der Waals surface area contributed by atoms with Crippen molar-refractivity contribution in [2.45, 2.75) is 25.2 Å². The highest BCUT2D eigenvalue weighted by Gasteiger charge is 2.38. The average molecular weight is 564 g/mol. The molecule has 0 spiro atoms. The van der Waals surface area contributed by atoms with Gasteiger partial charge in [-0.1, -0.05) is 29.3 Å². The number of rotatable bonds is 6. The second kappa shape index (κ2) is 11.7. The van der Waals surface area contributed by atoms with E-state index in [0.29, 0.717) is 0 Å². The lowest BCUT2D eigenvalue weighted by Crippen LogP contribution is -2.33. The van der Waals surface area contributed by atoms with Gasteiger partial charge in [-0.3, -0.25) is 4.31 Å². The molecule has 0 saturated carbocycles. The average Bonchev–Trinajstić information content (AvgIpc) is 2.94. The highest BCUT2D eigenvalue weighted by atomic mass is 35.5. The van der Waals surface area contributed by atoms with E-state index in [-0.39, 0.29) is 39.9 Å². The topological polar surface area (TPSA) is 137 Å². The van der Waals surface area contributed by atoms with Crippen LogP contribution in [-0.2, 0) is 38.6 Å². The number of aliphatic hydroxyl groups is 1.